The summed E-state index contributed by atoms with van der Waals surface area (Å²) in [5.41, 5.74) is 2.75. The Morgan fingerprint density at radius 1 is 1.22 bits per heavy atom. The number of carbonyl (C=O) groups is 1. The van der Waals surface area contributed by atoms with E-state index in [2.05, 4.69) is 20.3 Å². The van der Waals surface area contributed by atoms with Crippen LogP contribution >= 0.6 is 0 Å². The minimum atomic E-state index is -0.207. The summed E-state index contributed by atoms with van der Waals surface area (Å²) in [5, 5.41) is 2.76. The number of rotatable bonds is 2. The molecule has 3 rings (SSSR count). The molecule has 2 N–H and O–H groups in total. The normalized spacial score (nSPS) is 10.4. The molecule has 0 fully saturated rings. The summed E-state index contributed by atoms with van der Waals surface area (Å²) in [4.78, 5) is 23.1. The molecule has 0 saturated carbocycles. The van der Waals surface area contributed by atoms with Gasteiger partial charge in [0.15, 0.2) is 0 Å². The van der Waals surface area contributed by atoms with Gasteiger partial charge in [0, 0.05) is 12.4 Å². The fraction of sp³-hybridized carbons (Fsp3) is 0. The number of nitrogens with zero attached hydrogens (tertiary/aromatic N) is 2. The first-order valence-corrected chi connectivity index (χ1v) is 5.48. The van der Waals surface area contributed by atoms with Crippen molar-refractivity contribution in [1.82, 2.24) is 15.0 Å². The van der Waals surface area contributed by atoms with Crippen LogP contribution in [0.5, 0.6) is 0 Å². The van der Waals surface area contributed by atoms with Crippen molar-refractivity contribution < 1.29 is 4.79 Å². The van der Waals surface area contributed by atoms with Crippen LogP contribution in [-0.4, -0.2) is 20.9 Å². The molecular weight excluding hydrogens is 228 g/mol. The molecular formula is C13H10N4O. The smallest absolute Gasteiger partial charge is 0.272 e. The lowest BCUT2D eigenvalue weighted by atomic mass is 10.3. The second-order valence-electron chi connectivity index (χ2n) is 3.82. The molecule has 3 aromatic heterocycles. The second-order valence-corrected chi connectivity index (χ2v) is 3.82. The molecule has 5 heteroatoms. The zero-order chi connectivity index (χ0) is 12.4. The number of pyridine rings is 2. The van der Waals surface area contributed by atoms with E-state index in [1.54, 1.807) is 36.8 Å². The van der Waals surface area contributed by atoms with Gasteiger partial charge in [-0.1, -0.05) is 0 Å². The topological polar surface area (TPSA) is 70.7 Å². The van der Waals surface area contributed by atoms with E-state index in [0.29, 0.717) is 11.4 Å². The Morgan fingerprint density at radius 3 is 2.89 bits per heavy atom. The summed E-state index contributed by atoms with van der Waals surface area (Å²) in [6.45, 7) is 0. The Bertz CT molecular complexity index is 657. The van der Waals surface area contributed by atoms with Gasteiger partial charge in [0.1, 0.15) is 5.69 Å². The molecule has 0 radical (unpaired) electrons. The summed E-state index contributed by atoms with van der Waals surface area (Å²) in [6.07, 6.45) is 4.94. The number of aromatic amines is 1. The molecule has 88 valence electrons. The predicted molar refractivity (Wildman–Crippen MR) is 68.3 cm³/mol. The number of amides is 1. The van der Waals surface area contributed by atoms with Crippen molar-refractivity contribution in [3.8, 4) is 0 Å². The van der Waals surface area contributed by atoms with Crippen molar-refractivity contribution in [2.45, 2.75) is 0 Å². The van der Waals surface area contributed by atoms with Crippen LogP contribution in [0.2, 0.25) is 0 Å². The summed E-state index contributed by atoms with van der Waals surface area (Å²) in [5.74, 6) is -0.207. The lowest BCUT2D eigenvalue weighted by Crippen LogP contribution is -2.12. The van der Waals surface area contributed by atoms with Crippen LogP contribution in [0, 0.1) is 0 Å². The Labute approximate surface area is 103 Å². The third-order valence-electron chi connectivity index (χ3n) is 2.55. The Morgan fingerprint density at radius 2 is 2.11 bits per heavy atom. The van der Waals surface area contributed by atoms with Gasteiger partial charge < -0.3 is 10.3 Å². The third-order valence-corrected chi connectivity index (χ3v) is 2.55. The second kappa shape index (κ2) is 4.29. The molecule has 0 spiro atoms. The van der Waals surface area contributed by atoms with Gasteiger partial charge in [-0.25, -0.2) is 0 Å². The van der Waals surface area contributed by atoms with Crippen LogP contribution in [0.1, 0.15) is 10.5 Å². The first-order valence-electron chi connectivity index (χ1n) is 5.48. The van der Waals surface area contributed by atoms with Gasteiger partial charge in [0.25, 0.3) is 5.91 Å². The highest BCUT2D eigenvalue weighted by molar-refractivity contribution is 6.05. The van der Waals surface area contributed by atoms with Crippen molar-refractivity contribution in [2.75, 3.05) is 5.32 Å². The van der Waals surface area contributed by atoms with Gasteiger partial charge in [-0.15, -0.1) is 0 Å². The minimum absolute atomic E-state index is 0.207. The quantitative estimate of drug-likeness (QED) is 0.719. The molecule has 18 heavy (non-hydrogen) atoms. The first kappa shape index (κ1) is 10.5. The maximum Gasteiger partial charge on any atom is 0.272 e. The molecule has 0 unspecified atom stereocenters. The Hall–Kier alpha value is -2.69. The van der Waals surface area contributed by atoms with Crippen LogP contribution in [-0.2, 0) is 0 Å². The molecule has 0 atom stereocenters. The van der Waals surface area contributed by atoms with E-state index in [9.17, 15) is 4.79 Å². The van der Waals surface area contributed by atoms with Crippen LogP contribution in [0.25, 0.3) is 11.0 Å². The van der Waals surface area contributed by atoms with E-state index in [4.69, 9.17) is 0 Å². The lowest BCUT2D eigenvalue weighted by molar-refractivity contribution is 0.102. The van der Waals surface area contributed by atoms with Gasteiger partial charge in [-0.05, 0) is 30.3 Å². The van der Waals surface area contributed by atoms with Crippen molar-refractivity contribution in [3.05, 3.63) is 54.6 Å². The summed E-state index contributed by atoms with van der Waals surface area (Å²) < 4.78 is 0. The van der Waals surface area contributed by atoms with Gasteiger partial charge in [0.2, 0.25) is 0 Å². The number of anilines is 1. The van der Waals surface area contributed by atoms with Gasteiger partial charge in [0.05, 0.1) is 22.9 Å². The highest BCUT2D eigenvalue weighted by Crippen LogP contribution is 2.13. The van der Waals surface area contributed by atoms with E-state index in [-0.39, 0.29) is 5.91 Å². The molecule has 0 aliphatic heterocycles. The van der Waals surface area contributed by atoms with Crippen LogP contribution in [0.15, 0.2) is 48.9 Å². The molecule has 1 amide bonds. The monoisotopic (exact) mass is 238 g/mol. The first-order chi connectivity index (χ1) is 8.83. The average Bonchev–Trinajstić information content (AvgIpc) is 2.84. The molecule has 0 aliphatic carbocycles. The number of hydrogen-bond donors (Lipinski definition) is 2. The maximum atomic E-state index is 12.0. The van der Waals surface area contributed by atoms with Crippen LogP contribution < -0.4 is 5.32 Å². The number of H-pyrrole nitrogens is 1. The van der Waals surface area contributed by atoms with Crippen LogP contribution in [0.4, 0.5) is 5.69 Å². The number of carbonyl (C=O) groups excluding carboxylic acids is 1. The molecule has 0 aliphatic rings. The molecule has 5 nitrogen and oxygen atoms in total. The van der Waals surface area contributed by atoms with Gasteiger partial charge >= 0.3 is 0 Å². The number of fused-ring (bicyclic) bond motifs is 1. The predicted octanol–water partition coefficient (Wildman–Crippen LogP) is 2.21. The van der Waals surface area contributed by atoms with Crippen molar-refractivity contribution >= 4 is 22.6 Å². The molecule has 3 heterocycles. The van der Waals surface area contributed by atoms with E-state index in [1.807, 2.05) is 12.1 Å². The third kappa shape index (κ3) is 1.93. The lowest BCUT2D eigenvalue weighted by Gasteiger charge is -2.01. The van der Waals surface area contributed by atoms with Crippen LogP contribution in [0.3, 0.4) is 0 Å². The molecule has 0 bridgehead atoms. The standard InChI is InChI=1S/C13H10N4O/c18-13(16-9-3-1-5-14-8-9)12-7-11-10(17-12)4-2-6-15-11/h1-8,17H,(H,16,18). The van der Waals surface area contributed by atoms with E-state index < -0.39 is 0 Å². The summed E-state index contributed by atoms with van der Waals surface area (Å²) >= 11 is 0. The van der Waals surface area contributed by atoms with Crippen molar-refractivity contribution in [3.63, 3.8) is 0 Å². The maximum absolute atomic E-state index is 12.0. The summed E-state index contributed by atoms with van der Waals surface area (Å²) in [6, 6.07) is 8.97. The van der Waals surface area contributed by atoms with Crippen molar-refractivity contribution in [2.24, 2.45) is 0 Å². The summed E-state index contributed by atoms with van der Waals surface area (Å²) in [7, 11) is 0. The Kier molecular flexibility index (Phi) is 2.49. The molecule has 3 aromatic rings. The largest absolute Gasteiger partial charge is 0.349 e. The molecule has 0 saturated heterocycles. The van der Waals surface area contributed by atoms with E-state index >= 15 is 0 Å². The highest BCUT2D eigenvalue weighted by Gasteiger charge is 2.09. The average molecular weight is 238 g/mol. The molecule has 0 aromatic carbocycles. The number of aromatic nitrogens is 3. The highest BCUT2D eigenvalue weighted by atomic mass is 16.1. The van der Waals surface area contributed by atoms with E-state index in [0.717, 1.165) is 11.0 Å². The SMILES string of the molecule is O=C(Nc1cccnc1)c1cc2ncccc2[nH]1. The number of hydrogen-bond acceptors (Lipinski definition) is 3. The Balaban J connectivity index is 1.88. The van der Waals surface area contributed by atoms with Gasteiger partial charge in [-0.2, -0.15) is 0 Å². The van der Waals surface area contributed by atoms with E-state index in [1.165, 1.54) is 0 Å². The zero-order valence-electron chi connectivity index (χ0n) is 9.42. The minimum Gasteiger partial charge on any atom is -0.349 e. The van der Waals surface area contributed by atoms with Crippen molar-refractivity contribution in [1.29, 1.82) is 0 Å². The fourth-order valence-electron chi connectivity index (χ4n) is 1.71. The van der Waals surface area contributed by atoms with Gasteiger partial charge in [-0.3, -0.25) is 14.8 Å². The zero-order valence-corrected chi connectivity index (χ0v) is 9.42. The fourth-order valence-corrected chi connectivity index (χ4v) is 1.71. The number of nitrogens with one attached hydrogen (secondary N) is 2.